The van der Waals surface area contributed by atoms with Gasteiger partial charge in [0.15, 0.2) is 0 Å². The Labute approximate surface area is 242 Å². The number of fused-ring (bicyclic) bond motifs is 3. The molecule has 2 aliphatic rings. The normalized spacial score (nSPS) is 16.9. The number of aromatic nitrogens is 4. The van der Waals surface area contributed by atoms with Crippen molar-refractivity contribution in [2.24, 2.45) is 0 Å². The lowest BCUT2D eigenvalue weighted by Crippen LogP contribution is -2.36. The van der Waals surface area contributed by atoms with Crippen LogP contribution in [-0.4, -0.2) is 48.5 Å². The zero-order chi connectivity index (χ0) is 28.1. The van der Waals surface area contributed by atoms with Gasteiger partial charge in [0, 0.05) is 59.3 Å². The highest BCUT2D eigenvalue weighted by Crippen LogP contribution is 2.41. The van der Waals surface area contributed by atoms with E-state index < -0.39 is 6.10 Å². The van der Waals surface area contributed by atoms with Crippen LogP contribution in [0.1, 0.15) is 57.5 Å². The molecule has 1 aliphatic heterocycles. The molecular weight excluding hydrogens is 534 g/mol. The number of aliphatic hydroxyl groups is 1. The van der Waals surface area contributed by atoms with Crippen molar-refractivity contribution in [3.63, 3.8) is 0 Å². The molecule has 41 heavy (non-hydrogen) atoms. The van der Waals surface area contributed by atoms with E-state index in [0.717, 1.165) is 63.3 Å². The van der Waals surface area contributed by atoms with E-state index in [0.29, 0.717) is 30.1 Å². The fourth-order valence-electron chi connectivity index (χ4n) is 6.22. The highest BCUT2D eigenvalue weighted by Gasteiger charge is 2.29. The SMILES string of the molecule is Cc1nc2cnccc2n1-c1ccc(C(=O)N2CCC(=C3c4ccc(Cl)cc4CC(O)c4cccnc43)CC2)cc1. The van der Waals surface area contributed by atoms with Crippen molar-refractivity contribution < 1.29 is 9.90 Å². The molecule has 7 rings (SSSR count). The van der Waals surface area contributed by atoms with E-state index in [9.17, 15) is 9.90 Å². The van der Waals surface area contributed by atoms with E-state index in [1.54, 1.807) is 18.6 Å². The fourth-order valence-corrected chi connectivity index (χ4v) is 6.41. The van der Waals surface area contributed by atoms with Crippen LogP contribution in [0.15, 0.2) is 84.8 Å². The molecule has 1 N–H and O–H groups in total. The Hall–Kier alpha value is -4.33. The van der Waals surface area contributed by atoms with E-state index in [1.165, 1.54) is 5.57 Å². The minimum atomic E-state index is -0.653. The third-order valence-corrected chi connectivity index (χ3v) is 8.42. The number of hydrogen-bond acceptors (Lipinski definition) is 5. The van der Waals surface area contributed by atoms with Gasteiger partial charge in [0.25, 0.3) is 5.91 Å². The van der Waals surface area contributed by atoms with E-state index in [1.807, 2.05) is 72.5 Å². The Morgan fingerprint density at radius 1 is 1.02 bits per heavy atom. The number of aliphatic hydroxyl groups excluding tert-OH is 1. The molecule has 0 bridgehead atoms. The van der Waals surface area contributed by atoms with Gasteiger partial charge in [0.2, 0.25) is 0 Å². The lowest BCUT2D eigenvalue weighted by atomic mass is 9.88. The van der Waals surface area contributed by atoms with Gasteiger partial charge in [-0.15, -0.1) is 0 Å². The van der Waals surface area contributed by atoms with Crippen molar-refractivity contribution in [1.82, 2.24) is 24.4 Å². The molecule has 1 unspecified atom stereocenters. The maximum Gasteiger partial charge on any atom is 0.253 e. The molecule has 4 heterocycles. The van der Waals surface area contributed by atoms with Crippen molar-refractivity contribution >= 4 is 34.1 Å². The van der Waals surface area contributed by atoms with Gasteiger partial charge >= 0.3 is 0 Å². The van der Waals surface area contributed by atoms with Gasteiger partial charge in [0.1, 0.15) is 11.3 Å². The summed E-state index contributed by atoms with van der Waals surface area (Å²) in [5.41, 5.74) is 9.50. The molecule has 5 aromatic rings. The number of piperidine rings is 1. The number of halogens is 1. The molecule has 3 aromatic heterocycles. The summed E-state index contributed by atoms with van der Waals surface area (Å²) in [5.74, 6) is 0.897. The fraction of sp³-hybridized carbons (Fsp3) is 0.212. The van der Waals surface area contributed by atoms with Crippen molar-refractivity contribution in [3.05, 3.63) is 124 Å². The van der Waals surface area contributed by atoms with Gasteiger partial charge in [-0.2, -0.15) is 0 Å². The molecule has 1 fully saturated rings. The van der Waals surface area contributed by atoms with Crippen LogP contribution in [0, 0.1) is 6.92 Å². The first-order valence-electron chi connectivity index (χ1n) is 13.8. The zero-order valence-electron chi connectivity index (χ0n) is 22.6. The second-order valence-corrected chi connectivity index (χ2v) is 11.1. The predicted octanol–water partition coefficient (Wildman–Crippen LogP) is 6.10. The van der Waals surface area contributed by atoms with Crippen LogP contribution in [-0.2, 0) is 6.42 Å². The average molecular weight is 562 g/mol. The highest BCUT2D eigenvalue weighted by atomic mass is 35.5. The number of carbonyl (C=O) groups is 1. The quantitative estimate of drug-likeness (QED) is 0.281. The molecule has 1 atom stereocenters. The number of hydrogen-bond donors (Lipinski definition) is 1. The van der Waals surface area contributed by atoms with Crippen LogP contribution in [0.5, 0.6) is 0 Å². The minimum absolute atomic E-state index is 0.0269. The van der Waals surface area contributed by atoms with Gasteiger partial charge < -0.3 is 10.0 Å². The first kappa shape index (κ1) is 25.6. The summed E-state index contributed by atoms with van der Waals surface area (Å²) in [7, 11) is 0. The molecule has 1 saturated heterocycles. The minimum Gasteiger partial charge on any atom is -0.388 e. The number of rotatable bonds is 2. The van der Waals surface area contributed by atoms with Gasteiger partial charge in [-0.05, 0) is 79.4 Å². The van der Waals surface area contributed by atoms with Gasteiger partial charge in [-0.1, -0.05) is 29.3 Å². The van der Waals surface area contributed by atoms with Crippen molar-refractivity contribution in [2.45, 2.75) is 32.3 Å². The van der Waals surface area contributed by atoms with Crippen molar-refractivity contribution in [3.8, 4) is 5.69 Å². The maximum atomic E-state index is 13.5. The largest absolute Gasteiger partial charge is 0.388 e. The van der Waals surface area contributed by atoms with Crippen LogP contribution >= 0.6 is 11.6 Å². The van der Waals surface area contributed by atoms with Crippen molar-refractivity contribution in [2.75, 3.05) is 13.1 Å². The van der Waals surface area contributed by atoms with Gasteiger partial charge in [-0.3, -0.25) is 19.3 Å². The number of imidazole rings is 1. The van der Waals surface area contributed by atoms with E-state index in [2.05, 4.69) is 14.5 Å². The third-order valence-electron chi connectivity index (χ3n) is 8.19. The first-order valence-corrected chi connectivity index (χ1v) is 14.2. The smallest absolute Gasteiger partial charge is 0.253 e. The Morgan fingerprint density at radius 3 is 2.63 bits per heavy atom. The topological polar surface area (TPSA) is 84.1 Å². The summed E-state index contributed by atoms with van der Waals surface area (Å²) in [6, 6.07) is 19.4. The highest BCUT2D eigenvalue weighted by molar-refractivity contribution is 6.30. The number of benzene rings is 2. The van der Waals surface area contributed by atoms with Gasteiger partial charge in [-0.25, -0.2) is 4.98 Å². The van der Waals surface area contributed by atoms with Crippen LogP contribution in [0.3, 0.4) is 0 Å². The van der Waals surface area contributed by atoms with E-state index in [4.69, 9.17) is 16.6 Å². The van der Waals surface area contributed by atoms with Crippen LogP contribution in [0.25, 0.3) is 22.3 Å². The summed E-state index contributed by atoms with van der Waals surface area (Å²) in [6.07, 6.45) is 6.60. The Bertz CT molecular complexity index is 1830. The maximum absolute atomic E-state index is 13.5. The zero-order valence-corrected chi connectivity index (χ0v) is 23.3. The molecule has 204 valence electrons. The lowest BCUT2D eigenvalue weighted by molar-refractivity contribution is 0.0744. The first-order chi connectivity index (χ1) is 20.0. The molecule has 0 saturated carbocycles. The number of nitrogens with zero attached hydrogens (tertiary/aromatic N) is 5. The van der Waals surface area contributed by atoms with E-state index >= 15 is 0 Å². The second kappa shape index (κ2) is 10.3. The molecular formula is C33H28ClN5O2. The number of pyridine rings is 2. The van der Waals surface area contributed by atoms with E-state index in [-0.39, 0.29) is 5.91 Å². The van der Waals surface area contributed by atoms with Crippen LogP contribution in [0.2, 0.25) is 5.02 Å². The summed E-state index contributed by atoms with van der Waals surface area (Å²) in [5, 5.41) is 11.7. The molecule has 0 radical (unpaired) electrons. The van der Waals surface area contributed by atoms with Crippen molar-refractivity contribution in [1.29, 1.82) is 0 Å². The summed E-state index contributed by atoms with van der Waals surface area (Å²) in [6.45, 7) is 3.20. The number of aryl methyl sites for hydroxylation is 1. The Morgan fingerprint density at radius 2 is 1.83 bits per heavy atom. The summed E-state index contributed by atoms with van der Waals surface area (Å²) < 4.78 is 2.07. The van der Waals surface area contributed by atoms with Crippen LogP contribution in [0.4, 0.5) is 0 Å². The van der Waals surface area contributed by atoms with Crippen LogP contribution < -0.4 is 0 Å². The van der Waals surface area contributed by atoms with Gasteiger partial charge in [0.05, 0.1) is 23.5 Å². The number of likely N-dealkylation sites (tertiary alicyclic amines) is 1. The second-order valence-electron chi connectivity index (χ2n) is 10.6. The molecule has 1 amide bonds. The predicted molar refractivity (Wildman–Crippen MR) is 159 cm³/mol. The lowest BCUT2D eigenvalue weighted by Gasteiger charge is -2.30. The number of amides is 1. The molecule has 8 heteroatoms. The Balaban J connectivity index is 1.16. The third kappa shape index (κ3) is 4.51. The molecule has 2 aromatic carbocycles. The summed E-state index contributed by atoms with van der Waals surface area (Å²) >= 11 is 6.34. The average Bonchev–Trinajstić information content (AvgIpc) is 3.28. The Kier molecular flexibility index (Phi) is 6.41. The summed E-state index contributed by atoms with van der Waals surface area (Å²) in [4.78, 5) is 28.9. The molecule has 0 spiro atoms. The standard InChI is InChI=1S/C33H28ClN5O2/c1-20-37-28-19-35-14-10-29(28)39(20)25-7-4-22(5-8-25)33(41)38-15-11-21(12-16-38)31-26-9-6-24(34)17-23(26)18-30(40)27-3-2-13-36-32(27)31/h2-10,13-14,17,19,30,40H,11-12,15-16,18H2,1H3. The molecule has 7 nitrogen and oxygen atoms in total. The monoisotopic (exact) mass is 561 g/mol. The number of carbonyl (C=O) groups excluding carboxylic acids is 1. The molecule has 1 aliphatic carbocycles.